The van der Waals surface area contributed by atoms with E-state index in [-0.39, 0.29) is 5.97 Å². The third-order valence-corrected chi connectivity index (χ3v) is 4.58. The van der Waals surface area contributed by atoms with Gasteiger partial charge in [0.25, 0.3) is 0 Å². The van der Waals surface area contributed by atoms with Gasteiger partial charge in [-0.15, -0.1) is 0 Å². The summed E-state index contributed by atoms with van der Waals surface area (Å²) < 4.78 is 5.07. The molecule has 0 aromatic rings. The second-order valence-corrected chi connectivity index (χ2v) is 6.91. The Hall–Kier alpha value is -0.790. The Morgan fingerprint density at radius 1 is 0.952 bits per heavy atom. The minimum Gasteiger partial charge on any atom is -0.462 e. The predicted octanol–water partition coefficient (Wildman–Crippen LogP) is 5.76. The molecule has 2 heteroatoms. The van der Waals surface area contributed by atoms with Gasteiger partial charge in [-0.05, 0) is 31.1 Å². The van der Waals surface area contributed by atoms with E-state index in [4.69, 9.17) is 4.74 Å². The summed E-state index contributed by atoms with van der Waals surface area (Å²) in [5, 5.41) is 0. The molecule has 0 aliphatic heterocycles. The van der Waals surface area contributed by atoms with E-state index in [0.717, 1.165) is 30.6 Å². The van der Waals surface area contributed by atoms with Crippen molar-refractivity contribution in [2.24, 2.45) is 17.8 Å². The zero-order valence-electron chi connectivity index (χ0n) is 14.9. The molecule has 0 heterocycles. The van der Waals surface area contributed by atoms with Crippen LogP contribution in [0.25, 0.3) is 0 Å². The topological polar surface area (TPSA) is 26.3 Å². The van der Waals surface area contributed by atoms with Crippen LogP contribution in [-0.2, 0) is 9.53 Å². The Morgan fingerprint density at radius 3 is 2.00 bits per heavy atom. The number of hydrogen-bond donors (Lipinski definition) is 0. The van der Waals surface area contributed by atoms with Crippen LogP contribution in [0.4, 0.5) is 0 Å². The number of ether oxygens (including phenoxy) is 1. The van der Waals surface area contributed by atoms with Crippen molar-refractivity contribution in [2.75, 3.05) is 6.61 Å². The quantitative estimate of drug-likeness (QED) is 0.260. The van der Waals surface area contributed by atoms with E-state index in [1.165, 1.54) is 32.1 Å². The second kappa shape index (κ2) is 11.8. The standard InChI is InChI=1S/C19H36O2/c1-15(2)18(6)17(5)13-11-9-7-8-10-12-14-21-19(20)16(3)4/h15,17-18H,3,7-14H2,1-2,4-6H3. The fraction of sp³-hybridized carbons (Fsp3) is 0.842. The molecule has 2 nitrogen and oxygen atoms in total. The van der Waals surface area contributed by atoms with Crippen LogP contribution in [0.1, 0.15) is 79.6 Å². The van der Waals surface area contributed by atoms with E-state index in [2.05, 4.69) is 34.3 Å². The average molecular weight is 296 g/mol. The molecule has 0 spiro atoms. The molecule has 0 aromatic heterocycles. The van der Waals surface area contributed by atoms with Gasteiger partial charge in [0.05, 0.1) is 6.61 Å². The maximum absolute atomic E-state index is 11.2. The third kappa shape index (κ3) is 10.6. The van der Waals surface area contributed by atoms with Crippen LogP contribution in [0.3, 0.4) is 0 Å². The van der Waals surface area contributed by atoms with Crippen LogP contribution in [0, 0.1) is 17.8 Å². The van der Waals surface area contributed by atoms with Gasteiger partial charge in [0.1, 0.15) is 0 Å². The number of hydrogen-bond acceptors (Lipinski definition) is 2. The lowest BCUT2D eigenvalue weighted by Crippen LogP contribution is -2.14. The predicted molar refractivity (Wildman–Crippen MR) is 91.3 cm³/mol. The Bertz CT molecular complexity index is 294. The lowest BCUT2D eigenvalue weighted by Gasteiger charge is -2.23. The van der Waals surface area contributed by atoms with Gasteiger partial charge in [-0.2, -0.15) is 0 Å². The molecular weight excluding hydrogens is 260 g/mol. The highest BCUT2D eigenvalue weighted by molar-refractivity contribution is 5.86. The SMILES string of the molecule is C=C(C)C(=O)OCCCCCCCCC(C)C(C)C(C)C. The largest absolute Gasteiger partial charge is 0.462 e. The zero-order chi connectivity index (χ0) is 16.3. The van der Waals surface area contributed by atoms with Crippen LogP contribution < -0.4 is 0 Å². The smallest absolute Gasteiger partial charge is 0.333 e. The van der Waals surface area contributed by atoms with Gasteiger partial charge in [-0.25, -0.2) is 4.79 Å². The number of esters is 1. The lowest BCUT2D eigenvalue weighted by molar-refractivity contribution is -0.139. The Kier molecular flexibility index (Phi) is 11.4. The molecule has 0 fully saturated rings. The van der Waals surface area contributed by atoms with Crippen LogP contribution >= 0.6 is 0 Å². The van der Waals surface area contributed by atoms with Crippen molar-refractivity contribution < 1.29 is 9.53 Å². The van der Waals surface area contributed by atoms with Crippen molar-refractivity contribution in [1.82, 2.24) is 0 Å². The van der Waals surface area contributed by atoms with Gasteiger partial charge in [0.2, 0.25) is 0 Å². The maximum atomic E-state index is 11.2. The van der Waals surface area contributed by atoms with Crippen molar-refractivity contribution in [3.05, 3.63) is 12.2 Å². The molecule has 0 aromatic carbocycles. The Labute approximate surface area is 132 Å². The number of rotatable bonds is 12. The molecule has 0 saturated heterocycles. The highest BCUT2D eigenvalue weighted by Gasteiger charge is 2.14. The molecule has 0 bridgehead atoms. The van der Waals surface area contributed by atoms with Crippen molar-refractivity contribution in [3.63, 3.8) is 0 Å². The van der Waals surface area contributed by atoms with Crippen LogP contribution in [0.2, 0.25) is 0 Å². The normalized spacial score (nSPS) is 14.0. The monoisotopic (exact) mass is 296 g/mol. The van der Waals surface area contributed by atoms with E-state index < -0.39 is 0 Å². The minimum absolute atomic E-state index is 0.261. The Morgan fingerprint density at radius 2 is 1.48 bits per heavy atom. The molecule has 0 rings (SSSR count). The molecule has 124 valence electrons. The molecule has 0 aliphatic carbocycles. The molecule has 0 amide bonds. The van der Waals surface area contributed by atoms with E-state index in [0.29, 0.717) is 12.2 Å². The molecule has 2 atom stereocenters. The zero-order valence-corrected chi connectivity index (χ0v) is 14.9. The third-order valence-electron chi connectivity index (χ3n) is 4.58. The summed E-state index contributed by atoms with van der Waals surface area (Å²) >= 11 is 0. The molecule has 0 aliphatic rings. The molecule has 0 N–H and O–H groups in total. The molecule has 0 saturated carbocycles. The van der Waals surface area contributed by atoms with Crippen LogP contribution in [0.5, 0.6) is 0 Å². The highest BCUT2D eigenvalue weighted by atomic mass is 16.5. The second-order valence-electron chi connectivity index (χ2n) is 6.91. The summed E-state index contributed by atoms with van der Waals surface area (Å²) in [6, 6.07) is 0. The summed E-state index contributed by atoms with van der Waals surface area (Å²) in [6.07, 6.45) is 8.72. The van der Waals surface area contributed by atoms with E-state index in [1.54, 1.807) is 6.92 Å². The molecule has 21 heavy (non-hydrogen) atoms. The summed E-state index contributed by atoms with van der Waals surface area (Å²) in [6.45, 7) is 15.2. The minimum atomic E-state index is -0.261. The average Bonchev–Trinajstić information content (AvgIpc) is 2.43. The number of carbonyl (C=O) groups excluding carboxylic acids is 1. The first kappa shape index (κ1) is 20.2. The molecule has 2 unspecified atom stereocenters. The fourth-order valence-corrected chi connectivity index (χ4v) is 2.48. The Balaban J connectivity index is 3.37. The van der Waals surface area contributed by atoms with E-state index in [9.17, 15) is 4.79 Å². The molecule has 0 radical (unpaired) electrons. The number of carbonyl (C=O) groups is 1. The molecular formula is C19H36O2. The first-order valence-corrected chi connectivity index (χ1v) is 8.68. The van der Waals surface area contributed by atoms with Crippen molar-refractivity contribution in [3.8, 4) is 0 Å². The first-order valence-electron chi connectivity index (χ1n) is 8.68. The number of unbranched alkanes of at least 4 members (excludes halogenated alkanes) is 5. The lowest BCUT2D eigenvalue weighted by atomic mass is 9.83. The van der Waals surface area contributed by atoms with Crippen molar-refractivity contribution >= 4 is 5.97 Å². The van der Waals surface area contributed by atoms with E-state index in [1.807, 2.05) is 0 Å². The van der Waals surface area contributed by atoms with E-state index >= 15 is 0 Å². The first-order chi connectivity index (χ1) is 9.86. The van der Waals surface area contributed by atoms with Gasteiger partial charge >= 0.3 is 5.97 Å². The summed E-state index contributed by atoms with van der Waals surface area (Å²) in [5.74, 6) is 2.20. The van der Waals surface area contributed by atoms with Gasteiger partial charge in [0.15, 0.2) is 0 Å². The van der Waals surface area contributed by atoms with Crippen molar-refractivity contribution in [2.45, 2.75) is 79.6 Å². The van der Waals surface area contributed by atoms with Crippen LogP contribution in [0.15, 0.2) is 12.2 Å². The van der Waals surface area contributed by atoms with Gasteiger partial charge < -0.3 is 4.74 Å². The van der Waals surface area contributed by atoms with Gasteiger partial charge in [0, 0.05) is 5.57 Å². The summed E-state index contributed by atoms with van der Waals surface area (Å²) in [5.41, 5.74) is 0.486. The van der Waals surface area contributed by atoms with Gasteiger partial charge in [-0.3, -0.25) is 0 Å². The summed E-state index contributed by atoms with van der Waals surface area (Å²) in [4.78, 5) is 11.2. The highest BCUT2D eigenvalue weighted by Crippen LogP contribution is 2.24. The fourth-order valence-electron chi connectivity index (χ4n) is 2.48. The maximum Gasteiger partial charge on any atom is 0.333 e. The van der Waals surface area contributed by atoms with Crippen LogP contribution in [-0.4, -0.2) is 12.6 Å². The summed E-state index contributed by atoms with van der Waals surface area (Å²) in [7, 11) is 0. The van der Waals surface area contributed by atoms with Gasteiger partial charge in [-0.1, -0.05) is 72.8 Å². The van der Waals surface area contributed by atoms with Crippen molar-refractivity contribution in [1.29, 1.82) is 0 Å².